The SMILES string of the molecule is Cc1cc(C2(C)C3CCCC32)c2cn[nH]c2c1.Cc1cc(C2(C)C3CCCC32)n2cncc2c1.Cc1cc(C2(C)CC3CC3C2)c2cn[nH]c2c1.Cc1cc(C2(C)CC3CC3C2)n2cncc2c1.Cc1cc(C2(C)CC3CCCC3C2)c2cn[nH]c2c1.Cc1cc(C2(C)CC3CCCC3C2)n2cncc2c1. The monoisotopic (exact) mass is 1410 g/mol. The summed E-state index contributed by atoms with van der Waals surface area (Å²) in [5.41, 5.74) is 26.8. The molecule has 12 saturated carbocycles. The number of pyridine rings is 3. The number of hydrogen-bond acceptors (Lipinski definition) is 6. The Bertz CT molecular complexity index is 4780. The molecule has 0 saturated heterocycles. The van der Waals surface area contributed by atoms with E-state index in [1.165, 1.54) is 258 Å². The van der Waals surface area contributed by atoms with Crippen LogP contribution in [0.5, 0.6) is 0 Å². The Hall–Kier alpha value is -7.86. The lowest BCUT2D eigenvalue weighted by Gasteiger charge is -2.28. The molecule has 12 aliphatic carbocycles. The fourth-order valence-corrected chi connectivity index (χ4v) is 25.9. The third-order valence-electron chi connectivity index (χ3n) is 31.1. The van der Waals surface area contributed by atoms with Crippen molar-refractivity contribution in [1.29, 1.82) is 0 Å². The van der Waals surface area contributed by atoms with Gasteiger partial charge in [-0.25, -0.2) is 15.0 Å². The number of rotatable bonds is 6. The normalized spacial score (nSPS) is 34.8. The van der Waals surface area contributed by atoms with Gasteiger partial charge in [-0.05, 0) is 323 Å². The third-order valence-corrected chi connectivity index (χ3v) is 31.1. The zero-order valence-electron chi connectivity index (χ0n) is 65.6. The molecule has 12 aliphatic rings. The Balaban J connectivity index is 0.0000000871. The van der Waals surface area contributed by atoms with Crippen LogP contribution in [0.25, 0.3) is 49.3 Å². The highest BCUT2D eigenvalue weighted by Gasteiger charge is 2.65. The fourth-order valence-electron chi connectivity index (χ4n) is 25.9. The molecule has 0 spiro atoms. The lowest BCUT2D eigenvalue weighted by molar-refractivity contribution is 0.419. The number of aromatic amines is 3. The summed E-state index contributed by atoms with van der Waals surface area (Å²) >= 11 is 0. The van der Waals surface area contributed by atoms with Crippen molar-refractivity contribution in [2.75, 3.05) is 0 Å². The van der Waals surface area contributed by atoms with Gasteiger partial charge >= 0.3 is 0 Å². The average molecular weight is 1410 g/mol. The van der Waals surface area contributed by atoms with Crippen LogP contribution in [-0.2, 0) is 32.5 Å². The van der Waals surface area contributed by atoms with Gasteiger partial charge in [-0.15, -0.1) is 0 Å². The van der Waals surface area contributed by atoms with Gasteiger partial charge in [0.1, 0.15) is 0 Å². The Labute approximate surface area is 628 Å². The topological polar surface area (TPSA) is 138 Å². The number of imidazole rings is 3. The molecule has 0 radical (unpaired) electrons. The molecule has 12 nitrogen and oxygen atoms in total. The number of fused-ring (bicyclic) bond motifs is 12. The van der Waals surface area contributed by atoms with Crippen molar-refractivity contribution in [2.24, 2.45) is 71.0 Å². The maximum atomic E-state index is 4.34. The molecule has 0 aliphatic heterocycles. The lowest BCUT2D eigenvalue weighted by Crippen LogP contribution is -2.23. The zero-order valence-corrected chi connectivity index (χ0v) is 65.6. The Morgan fingerprint density at radius 1 is 0.302 bits per heavy atom. The first-order chi connectivity index (χ1) is 51.0. The number of nitrogens with one attached hydrogen (secondary N) is 3. The second kappa shape index (κ2) is 25.4. The van der Waals surface area contributed by atoms with E-state index in [1.54, 1.807) is 0 Å². The maximum absolute atomic E-state index is 4.34. The van der Waals surface area contributed by atoms with Gasteiger partial charge in [-0.1, -0.05) is 111 Å². The average Bonchev–Trinajstić information content (AvgIpc) is 1.53. The van der Waals surface area contributed by atoms with Crippen LogP contribution in [0.15, 0.2) is 129 Å². The molecule has 9 heterocycles. The molecule has 106 heavy (non-hydrogen) atoms. The van der Waals surface area contributed by atoms with E-state index in [0.29, 0.717) is 32.5 Å². The van der Waals surface area contributed by atoms with Crippen LogP contribution in [0.1, 0.15) is 250 Å². The Kier molecular flexibility index (Phi) is 16.4. The van der Waals surface area contributed by atoms with Crippen molar-refractivity contribution in [1.82, 2.24) is 58.7 Å². The van der Waals surface area contributed by atoms with E-state index >= 15 is 0 Å². The van der Waals surface area contributed by atoms with E-state index in [-0.39, 0.29) is 0 Å². The van der Waals surface area contributed by atoms with Crippen LogP contribution in [0.4, 0.5) is 0 Å². The summed E-state index contributed by atoms with van der Waals surface area (Å²) in [5.74, 6) is 11.7. The molecular weight excluding hydrogens is 1300 g/mol. The summed E-state index contributed by atoms with van der Waals surface area (Å²) in [6.45, 7) is 27.9. The van der Waals surface area contributed by atoms with Crippen molar-refractivity contribution < 1.29 is 0 Å². The second-order valence-corrected chi connectivity index (χ2v) is 38.9. The van der Waals surface area contributed by atoms with E-state index in [0.717, 1.165) is 71.0 Å². The summed E-state index contributed by atoms with van der Waals surface area (Å²) in [5, 5.41) is 26.1. The quantitative estimate of drug-likeness (QED) is 0.152. The van der Waals surface area contributed by atoms with Crippen LogP contribution in [0, 0.1) is 113 Å². The van der Waals surface area contributed by atoms with Gasteiger partial charge in [-0.2, -0.15) is 15.3 Å². The molecule has 12 unspecified atom stereocenters. The van der Waals surface area contributed by atoms with Gasteiger partial charge < -0.3 is 13.2 Å². The number of hydrogen-bond donors (Lipinski definition) is 3. The molecule has 552 valence electrons. The predicted octanol–water partition coefficient (Wildman–Crippen LogP) is 22.2. The number of aromatic nitrogens is 12. The van der Waals surface area contributed by atoms with Gasteiger partial charge in [0.15, 0.2) is 0 Å². The number of H-pyrrole nitrogens is 3. The maximum Gasteiger partial charge on any atom is 0.0994 e. The standard InChI is InChI=1S/2C17H22N2.4C15H18N2/c1-12-6-15-10-18-11-19(15)16(7-12)17(2)8-13-4-3-5-14(13)9-17;1-11-6-15(14-10-18-19-16(14)7-11)17(2)8-12-4-3-5-13(12)9-17;1-10-3-13-8-16-9-17(13)14(4-10)15(2)6-11-5-12(11)7-15;1-9-3-13(12-8-16-17-14(12)4-9)15(2)6-10-5-11(10)7-15;1-10-6-11-8-16-9-17(11)14(7-10)15(2)12-4-3-5-13(12)15;1-9-6-13(10-8-16-17-14(10)7-9)15(2)11-4-3-5-12(11)15/h6-7,10-11,13-14H,3-5,8-9H2,1-2H3;6-7,10,12-13H,3-5,8-9H2,1-2H3,(H,18,19);3-4,8-9,11-12H,5-7H2,1-2H3;3-4,8,10-11H,5-7H2,1-2H3,(H,16,17);6-9,12-13H,3-5H2,1-2H3;6-8,11-12H,3-5H2,1-2H3,(H,16,17). The molecule has 12 fully saturated rings. The minimum Gasteiger partial charge on any atom is -0.303 e. The van der Waals surface area contributed by atoms with Crippen LogP contribution in [-0.4, -0.2) is 58.7 Å². The van der Waals surface area contributed by atoms with Crippen LogP contribution in [0.3, 0.4) is 0 Å². The molecule has 12 heteroatoms. The highest BCUT2D eigenvalue weighted by Crippen LogP contribution is 2.70. The summed E-state index contributed by atoms with van der Waals surface area (Å²) in [6.07, 6.45) is 49.1. The van der Waals surface area contributed by atoms with Gasteiger partial charge in [0, 0.05) is 49.5 Å². The summed E-state index contributed by atoms with van der Waals surface area (Å²) < 4.78 is 6.90. The highest BCUT2D eigenvalue weighted by molar-refractivity contribution is 5.86. The van der Waals surface area contributed by atoms with Gasteiger partial charge in [-0.3, -0.25) is 15.3 Å². The van der Waals surface area contributed by atoms with Crippen LogP contribution >= 0.6 is 0 Å². The number of nitrogens with zero attached hydrogens (tertiary/aromatic N) is 9. The van der Waals surface area contributed by atoms with E-state index in [4.69, 9.17) is 0 Å². The molecule has 0 bridgehead atoms. The largest absolute Gasteiger partial charge is 0.303 e. The second-order valence-electron chi connectivity index (χ2n) is 38.9. The first-order valence-corrected chi connectivity index (χ1v) is 41.7. The van der Waals surface area contributed by atoms with E-state index in [2.05, 4.69) is 215 Å². The molecule has 12 aromatic rings. The van der Waals surface area contributed by atoms with Crippen LogP contribution in [0.2, 0.25) is 0 Å². The van der Waals surface area contributed by atoms with Crippen molar-refractivity contribution in [3.05, 3.63) is 196 Å². The molecule has 9 aromatic heterocycles. The minimum atomic E-state index is 0.348. The smallest absolute Gasteiger partial charge is 0.0994 e. The summed E-state index contributed by atoms with van der Waals surface area (Å²) in [6, 6.07) is 27.6. The molecule has 3 aromatic carbocycles. The highest BCUT2D eigenvalue weighted by atomic mass is 15.1. The van der Waals surface area contributed by atoms with Gasteiger partial charge in [0.2, 0.25) is 0 Å². The fraction of sp³-hybridized carbons (Fsp3) is 0.553. The first-order valence-electron chi connectivity index (χ1n) is 41.7. The number of benzene rings is 3. The Morgan fingerprint density at radius 2 is 0.594 bits per heavy atom. The molecule has 0 amide bonds. The molecular formula is C94H116N12. The minimum absolute atomic E-state index is 0.348. The zero-order chi connectivity index (χ0) is 72.6. The van der Waals surface area contributed by atoms with E-state index in [9.17, 15) is 0 Å². The van der Waals surface area contributed by atoms with E-state index < -0.39 is 0 Å². The van der Waals surface area contributed by atoms with Crippen molar-refractivity contribution in [3.63, 3.8) is 0 Å². The van der Waals surface area contributed by atoms with Crippen LogP contribution < -0.4 is 0 Å². The Morgan fingerprint density at radius 3 is 0.981 bits per heavy atom. The molecule has 24 rings (SSSR count). The molecule has 3 N–H and O–H groups in total. The third kappa shape index (κ3) is 11.8. The number of aryl methyl sites for hydroxylation is 6. The summed E-state index contributed by atoms with van der Waals surface area (Å²) in [7, 11) is 0. The van der Waals surface area contributed by atoms with Gasteiger partial charge in [0.25, 0.3) is 0 Å². The van der Waals surface area contributed by atoms with Crippen molar-refractivity contribution in [3.8, 4) is 0 Å². The van der Waals surface area contributed by atoms with E-state index in [1.807, 2.05) is 56.2 Å². The summed E-state index contributed by atoms with van der Waals surface area (Å²) in [4.78, 5) is 12.9. The first kappa shape index (κ1) is 68.7. The van der Waals surface area contributed by atoms with Gasteiger partial charge in [0.05, 0.1) is 89.3 Å². The van der Waals surface area contributed by atoms with Crippen molar-refractivity contribution >= 4 is 49.3 Å². The molecule has 12 atom stereocenters. The predicted molar refractivity (Wildman–Crippen MR) is 430 cm³/mol. The van der Waals surface area contributed by atoms with Crippen molar-refractivity contribution in [2.45, 2.75) is 257 Å². The lowest BCUT2D eigenvalue weighted by atomic mass is 9.76.